The van der Waals surface area contributed by atoms with Crippen LogP contribution in [0.1, 0.15) is 23.1 Å². The van der Waals surface area contributed by atoms with Crippen LogP contribution in [0.5, 0.6) is 0 Å². The molecule has 0 fully saturated rings. The second-order valence-electron chi connectivity index (χ2n) is 3.89. The predicted octanol–water partition coefficient (Wildman–Crippen LogP) is 2.57. The summed E-state index contributed by atoms with van der Waals surface area (Å²) in [5.41, 5.74) is 10.2. The van der Waals surface area contributed by atoms with E-state index < -0.39 is 0 Å². The van der Waals surface area contributed by atoms with Gasteiger partial charge in [-0.3, -0.25) is 0 Å². The van der Waals surface area contributed by atoms with Gasteiger partial charge in [0.15, 0.2) is 0 Å². The summed E-state index contributed by atoms with van der Waals surface area (Å²) in [6.45, 7) is 2.13. The maximum atomic E-state index is 5.93. The van der Waals surface area contributed by atoms with Gasteiger partial charge in [-0.1, -0.05) is 22.0 Å². The maximum Gasteiger partial charge on any atom is 0.0212 e. The van der Waals surface area contributed by atoms with E-state index in [1.54, 1.807) is 0 Å². The zero-order chi connectivity index (χ0) is 9.42. The largest absolute Gasteiger partial charge is 0.327 e. The van der Waals surface area contributed by atoms with E-state index in [2.05, 4.69) is 35.0 Å². The van der Waals surface area contributed by atoms with Gasteiger partial charge in [-0.2, -0.15) is 0 Å². The minimum Gasteiger partial charge on any atom is -0.327 e. The molecule has 1 aromatic rings. The Labute approximate surface area is 87.5 Å². The lowest BCUT2D eigenvalue weighted by Crippen LogP contribution is -2.28. The Kier molecular flexibility index (Phi) is 2.43. The SMILES string of the molecule is Cc1cc(Br)c2c(c1)CC(N)CC2. The Bertz CT molecular complexity index is 333. The molecule has 0 spiro atoms. The van der Waals surface area contributed by atoms with Gasteiger partial charge in [0.05, 0.1) is 0 Å². The van der Waals surface area contributed by atoms with Crippen LogP contribution in [0.15, 0.2) is 16.6 Å². The van der Waals surface area contributed by atoms with Crippen molar-refractivity contribution in [3.63, 3.8) is 0 Å². The van der Waals surface area contributed by atoms with Gasteiger partial charge in [0.2, 0.25) is 0 Å². The van der Waals surface area contributed by atoms with Crippen LogP contribution in [0.2, 0.25) is 0 Å². The lowest BCUT2D eigenvalue weighted by atomic mass is 9.88. The third kappa shape index (κ3) is 1.79. The second-order valence-corrected chi connectivity index (χ2v) is 4.74. The monoisotopic (exact) mass is 239 g/mol. The van der Waals surface area contributed by atoms with Crippen molar-refractivity contribution in [1.82, 2.24) is 0 Å². The molecule has 1 atom stereocenters. The third-order valence-electron chi connectivity index (χ3n) is 2.68. The molecule has 0 aromatic heterocycles. The highest BCUT2D eigenvalue weighted by molar-refractivity contribution is 9.10. The smallest absolute Gasteiger partial charge is 0.0212 e. The molecule has 0 radical (unpaired) electrons. The van der Waals surface area contributed by atoms with Crippen molar-refractivity contribution in [2.24, 2.45) is 5.73 Å². The zero-order valence-electron chi connectivity index (χ0n) is 7.81. The molecule has 0 aliphatic heterocycles. The average Bonchev–Trinajstić information content (AvgIpc) is 2.02. The third-order valence-corrected chi connectivity index (χ3v) is 3.39. The fraction of sp³-hybridized carbons (Fsp3) is 0.455. The minimum atomic E-state index is 0.362. The molecular weight excluding hydrogens is 226 g/mol. The summed E-state index contributed by atoms with van der Waals surface area (Å²) < 4.78 is 1.26. The van der Waals surface area contributed by atoms with Crippen LogP contribution in [0.4, 0.5) is 0 Å². The molecule has 0 saturated carbocycles. The first-order valence-corrected chi connectivity index (χ1v) is 5.49. The van der Waals surface area contributed by atoms with Gasteiger partial charge < -0.3 is 5.73 Å². The van der Waals surface area contributed by atoms with Crippen molar-refractivity contribution in [2.75, 3.05) is 0 Å². The van der Waals surface area contributed by atoms with Crippen LogP contribution in [0.3, 0.4) is 0 Å². The highest BCUT2D eigenvalue weighted by Gasteiger charge is 2.17. The van der Waals surface area contributed by atoms with Crippen molar-refractivity contribution in [1.29, 1.82) is 0 Å². The molecule has 0 heterocycles. The van der Waals surface area contributed by atoms with Crippen LogP contribution in [-0.4, -0.2) is 6.04 Å². The molecule has 2 N–H and O–H groups in total. The fourth-order valence-corrected chi connectivity index (χ4v) is 2.83. The molecule has 0 bridgehead atoms. The first-order chi connectivity index (χ1) is 6.16. The number of aryl methyl sites for hydroxylation is 1. The van der Waals surface area contributed by atoms with Gasteiger partial charge in [0.25, 0.3) is 0 Å². The number of hydrogen-bond acceptors (Lipinski definition) is 1. The van der Waals surface area contributed by atoms with E-state index in [-0.39, 0.29) is 0 Å². The summed E-state index contributed by atoms with van der Waals surface area (Å²) in [5, 5.41) is 0. The summed E-state index contributed by atoms with van der Waals surface area (Å²) in [4.78, 5) is 0. The summed E-state index contributed by atoms with van der Waals surface area (Å²) in [6, 6.07) is 4.82. The Morgan fingerprint density at radius 2 is 2.23 bits per heavy atom. The zero-order valence-corrected chi connectivity index (χ0v) is 9.39. The van der Waals surface area contributed by atoms with Crippen molar-refractivity contribution < 1.29 is 0 Å². The lowest BCUT2D eigenvalue weighted by molar-refractivity contribution is 0.575. The van der Waals surface area contributed by atoms with Crippen molar-refractivity contribution in [3.8, 4) is 0 Å². The minimum absolute atomic E-state index is 0.362. The summed E-state index contributed by atoms with van der Waals surface area (Å²) in [5.74, 6) is 0. The van der Waals surface area contributed by atoms with Gasteiger partial charge in [-0.05, 0) is 48.9 Å². The molecule has 13 heavy (non-hydrogen) atoms. The first kappa shape index (κ1) is 9.22. The second kappa shape index (κ2) is 3.43. The Morgan fingerprint density at radius 1 is 1.46 bits per heavy atom. The predicted molar refractivity (Wildman–Crippen MR) is 58.9 cm³/mol. The van der Waals surface area contributed by atoms with Gasteiger partial charge in [-0.25, -0.2) is 0 Å². The van der Waals surface area contributed by atoms with Gasteiger partial charge in [0.1, 0.15) is 0 Å². The van der Waals surface area contributed by atoms with E-state index in [1.807, 2.05) is 0 Å². The number of nitrogens with two attached hydrogens (primary N) is 1. The fourth-order valence-electron chi connectivity index (χ4n) is 2.02. The molecule has 0 amide bonds. The number of halogens is 1. The normalized spacial score (nSPS) is 21.3. The highest BCUT2D eigenvalue weighted by Crippen LogP contribution is 2.28. The molecule has 1 aliphatic carbocycles. The van der Waals surface area contributed by atoms with Crippen molar-refractivity contribution in [3.05, 3.63) is 33.3 Å². The van der Waals surface area contributed by atoms with Gasteiger partial charge in [-0.15, -0.1) is 0 Å². The number of fused-ring (bicyclic) bond motifs is 1. The van der Waals surface area contributed by atoms with Crippen LogP contribution in [-0.2, 0) is 12.8 Å². The molecule has 1 nitrogen and oxygen atoms in total. The molecular formula is C11H14BrN. The van der Waals surface area contributed by atoms with E-state index in [9.17, 15) is 0 Å². The van der Waals surface area contributed by atoms with E-state index in [4.69, 9.17) is 5.73 Å². The van der Waals surface area contributed by atoms with E-state index >= 15 is 0 Å². The Morgan fingerprint density at radius 3 is 3.00 bits per heavy atom. The van der Waals surface area contributed by atoms with Crippen LogP contribution in [0.25, 0.3) is 0 Å². The summed E-state index contributed by atoms with van der Waals surface area (Å²) in [6.07, 6.45) is 3.28. The standard InChI is InChI=1S/C11H14BrN/c1-7-4-8-6-9(13)2-3-10(8)11(12)5-7/h4-5,9H,2-3,6,13H2,1H3. The first-order valence-electron chi connectivity index (χ1n) is 4.70. The lowest BCUT2D eigenvalue weighted by Gasteiger charge is -2.22. The van der Waals surface area contributed by atoms with E-state index in [1.165, 1.54) is 21.2 Å². The van der Waals surface area contributed by atoms with E-state index in [0.29, 0.717) is 6.04 Å². The highest BCUT2D eigenvalue weighted by atomic mass is 79.9. The topological polar surface area (TPSA) is 26.0 Å². The van der Waals surface area contributed by atoms with Crippen LogP contribution in [0, 0.1) is 6.92 Å². The number of benzene rings is 1. The molecule has 1 unspecified atom stereocenters. The molecule has 2 rings (SSSR count). The van der Waals surface area contributed by atoms with Gasteiger partial charge in [0, 0.05) is 10.5 Å². The quantitative estimate of drug-likeness (QED) is 0.741. The summed E-state index contributed by atoms with van der Waals surface area (Å²) >= 11 is 3.61. The molecule has 1 aromatic carbocycles. The summed E-state index contributed by atoms with van der Waals surface area (Å²) in [7, 11) is 0. The number of hydrogen-bond donors (Lipinski definition) is 1. The van der Waals surface area contributed by atoms with Crippen LogP contribution < -0.4 is 5.73 Å². The molecule has 1 aliphatic rings. The average molecular weight is 240 g/mol. The van der Waals surface area contributed by atoms with Crippen molar-refractivity contribution >= 4 is 15.9 Å². The Hall–Kier alpha value is -0.340. The molecule has 70 valence electrons. The maximum absolute atomic E-state index is 5.93. The Balaban J connectivity index is 2.47. The number of rotatable bonds is 0. The molecule has 0 saturated heterocycles. The van der Waals surface area contributed by atoms with Crippen LogP contribution >= 0.6 is 15.9 Å². The van der Waals surface area contributed by atoms with Gasteiger partial charge >= 0.3 is 0 Å². The van der Waals surface area contributed by atoms with E-state index in [0.717, 1.165) is 19.3 Å². The van der Waals surface area contributed by atoms with Crippen molar-refractivity contribution in [2.45, 2.75) is 32.2 Å². The molecule has 2 heteroatoms.